The van der Waals surface area contributed by atoms with Crippen molar-refractivity contribution in [1.29, 1.82) is 0 Å². The van der Waals surface area contributed by atoms with Crippen LogP contribution in [0.5, 0.6) is 0 Å². The summed E-state index contributed by atoms with van der Waals surface area (Å²) in [7, 11) is 0. The van der Waals surface area contributed by atoms with Crippen molar-refractivity contribution >= 4 is 0 Å². The Hall–Kier alpha value is -0.0400. The van der Waals surface area contributed by atoms with Crippen LogP contribution >= 0.6 is 0 Å². The third kappa shape index (κ3) is 1.90. The van der Waals surface area contributed by atoms with E-state index in [-0.39, 0.29) is 5.41 Å². The molecule has 0 spiro atoms. The minimum Gasteiger partial charge on any atom is -0.389 e. The highest BCUT2D eigenvalue weighted by molar-refractivity contribution is 4.98. The van der Waals surface area contributed by atoms with Gasteiger partial charge in [0.2, 0.25) is 0 Å². The molecule has 1 N–H and O–H groups in total. The van der Waals surface area contributed by atoms with Gasteiger partial charge < -0.3 is 5.11 Å². The summed E-state index contributed by atoms with van der Waals surface area (Å²) in [5, 5.41) is 10.6. The van der Waals surface area contributed by atoms with Gasteiger partial charge in [-0.05, 0) is 30.1 Å². The highest BCUT2D eigenvalue weighted by Crippen LogP contribution is 2.47. The van der Waals surface area contributed by atoms with Crippen molar-refractivity contribution in [1.82, 2.24) is 0 Å². The third-order valence-corrected chi connectivity index (χ3v) is 3.87. The molecule has 0 bridgehead atoms. The normalized spacial score (nSPS) is 42.0. The van der Waals surface area contributed by atoms with Crippen LogP contribution in [0.1, 0.15) is 53.9 Å². The Bertz CT molecular complexity index is 180. The molecule has 3 unspecified atom stereocenters. The van der Waals surface area contributed by atoms with Crippen molar-refractivity contribution in [2.75, 3.05) is 0 Å². The summed E-state index contributed by atoms with van der Waals surface area (Å²) in [6.07, 6.45) is 3.42. The van der Waals surface area contributed by atoms with E-state index < -0.39 is 5.60 Å². The fourth-order valence-corrected chi connectivity index (χ4v) is 2.65. The highest BCUT2D eigenvalue weighted by Gasteiger charge is 2.47. The van der Waals surface area contributed by atoms with Crippen molar-refractivity contribution in [2.24, 2.45) is 17.3 Å². The minimum absolute atomic E-state index is 0.0150. The van der Waals surface area contributed by atoms with Crippen LogP contribution in [0.2, 0.25) is 0 Å². The largest absolute Gasteiger partial charge is 0.389 e. The number of aliphatic hydroxyl groups is 1. The lowest BCUT2D eigenvalue weighted by atomic mass is 9.61. The standard InChI is InChI=1S/C12H24O/c1-9-6-7-10(2)12(13,8-9)11(3,4)5/h9-10,13H,6-8H2,1-5H3. The Morgan fingerprint density at radius 1 is 1.15 bits per heavy atom. The van der Waals surface area contributed by atoms with Crippen molar-refractivity contribution < 1.29 is 5.11 Å². The second-order valence-electron chi connectivity index (χ2n) is 5.96. The smallest absolute Gasteiger partial charge is 0.0723 e. The molecule has 3 atom stereocenters. The van der Waals surface area contributed by atoms with E-state index in [1.165, 1.54) is 12.8 Å². The summed E-state index contributed by atoms with van der Waals surface area (Å²) in [5.41, 5.74) is -0.439. The molecule has 1 saturated carbocycles. The van der Waals surface area contributed by atoms with Crippen LogP contribution in [0.25, 0.3) is 0 Å². The molecule has 0 aromatic rings. The topological polar surface area (TPSA) is 20.2 Å². The lowest BCUT2D eigenvalue weighted by molar-refractivity contribution is -0.132. The molecule has 13 heavy (non-hydrogen) atoms. The van der Waals surface area contributed by atoms with Crippen LogP contribution < -0.4 is 0 Å². The van der Waals surface area contributed by atoms with E-state index in [9.17, 15) is 5.11 Å². The Morgan fingerprint density at radius 2 is 1.69 bits per heavy atom. The van der Waals surface area contributed by atoms with E-state index in [1.54, 1.807) is 0 Å². The Kier molecular flexibility index (Phi) is 2.78. The molecular formula is C12H24O. The second kappa shape index (κ2) is 3.27. The zero-order chi connectivity index (χ0) is 10.3. The number of hydrogen-bond acceptors (Lipinski definition) is 1. The molecule has 1 heteroatoms. The first-order valence-electron chi connectivity index (χ1n) is 5.50. The average molecular weight is 184 g/mol. The summed E-state index contributed by atoms with van der Waals surface area (Å²) >= 11 is 0. The second-order valence-corrected chi connectivity index (χ2v) is 5.96. The maximum atomic E-state index is 10.6. The Morgan fingerprint density at radius 3 is 2.08 bits per heavy atom. The Labute approximate surface area is 82.5 Å². The van der Waals surface area contributed by atoms with Crippen LogP contribution in [0.15, 0.2) is 0 Å². The van der Waals surface area contributed by atoms with Gasteiger partial charge in [-0.15, -0.1) is 0 Å². The molecule has 0 amide bonds. The molecule has 0 heterocycles. The summed E-state index contributed by atoms with van der Waals surface area (Å²) in [4.78, 5) is 0. The minimum atomic E-state index is -0.454. The fraction of sp³-hybridized carbons (Fsp3) is 1.00. The van der Waals surface area contributed by atoms with Gasteiger partial charge in [-0.3, -0.25) is 0 Å². The predicted molar refractivity (Wildman–Crippen MR) is 56.6 cm³/mol. The molecule has 1 nitrogen and oxygen atoms in total. The molecule has 78 valence electrons. The van der Waals surface area contributed by atoms with Gasteiger partial charge in [0.15, 0.2) is 0 Å². The Balaban J connectivity index is 2.85. The maximum absolute atomic E-state index is 10.6. The molecule has 0 aromatic heterocycles. The van der Waals surface area contributed by atoms with Crippen molar-refractivity contribution in [3.05, 3.63) is 0 Å². The van der Waals surface area contributed by atoms with E-state index >= 15 is 0 Å². The van der Waals surface area contributed by atoms with Crippen LogP contribution in [0, 0.1) is 17.3 Å². The molecule has 1 aliphatic carbocycles. The summed E-state index contributed by atoms with van der Waals surface area (Å²) < 4.78 is 0. The van der Waals surface area contributed by atoms with Gasteiger partial charge in [0.05, 0.1) is 5.60 Å². The SMILES string of the molecule is CC1CCC(C)C(O)(C(C)(C)C)C1. The molecule has 1 aliphatic rings. The molecule has 0 aromatic carbocycles. The van der Waals surface area contributed by atoms with E-state index in [4.69, 9.17) is 0 Å². The van der Waals surface area contributed by atoms with Gasteiger partial charge in [0.25, 0.3) is 0 Å². The summed E-state index contributed by atoms with van der Waals surface area (Å²) in [6, 6.07) is 0. The van der Waals surface area contributed by atoms with Crippen molar-refractivity contribution in [3.63, 3.8) is 0 Å². The van der Waals surface area contributed by atoms with Crippen LogP contribution in [0.3, 0.4) is 0 Å². The molecular weight excluding hydrogens is 160 g/mol. The quantitative estimate of drug-likeness (QED) is 0.613. The van der Waals surface area contributed by atoms with E-state index in [0.29, 0.717) is 11.8 Å². The zero-order valence-corrected chi connectivity index (χ0v) is 9.72. The fourth-order valence-electron chi connectivity index (χ4n) is 2.65. The molecule has 0 radical (unpaired) electrons. The highest BCUT2D eigenvalue weighted by atomic mass is 16.3. The lowest BCUT2D eigenvalue weighted by Crippen LogP contribution is -2.51. The van der Waals surface area contributed by atoms with Crippen molar-refractivity contribution in [3.8, 4) is 0 Å². The van der Waals surface area contributed by atoms with Gasteiger partial charge >= 0.3 is 0 Å². The van der Waals surface area contributed by atoms with Crippen molar-refractivity contribution in [2.45, 2.75) is 59.5 Å². The monoisotopic (exact) mass is 184 g/mol. The first kappa shape index (κ1) is 11.0. The summed E-state index contributed by atoms with van der Waals surface area (Å²) in [5.74, 6) is 1.13. The summed E-state index contributed by atoms with van der Waals surface area (Å²) in [6.45, 7) is 10.9. The predicted octanol–water partition coefficient (Wildman–Crippen LogP) is 3.22. The van der Waals surface area contributed by atoms with Crippen LogP contribution in [0.4, 0.5) is 0 Å². The van der Waals surface area contributed by atoms with Crippen LogP contribution in [-0.2, 0) is 0 Å². The molecule has 1 fully saturated rings. The van der Waals surface area contributed by atoms with Gasteiger partial charge in [-0.25, -0.2) is 0 Å². The van der Waals surface area contributed by atoms with Gasteiger partial charge in [0, 0.05) is 0 Å². The van der Waals surface area contributed by atoms with E-state index in [0.717, 1.165) is 6.42 Å². The van der Waals surface area contributed by atoms with Gasteiger partial charge in [0.1, 0.15) is 0 Å². The van der Waals surface area contributed by atoms with E-state index in [2.05, 4.69) is 34.6 Å². The molecule has 0 aliphatic heterocycles. The number of rotatable bonds is 0. The molecule has 0 saturated heterocycles. The first-order chi connectivity index (χ1) is 5.77. The van der Waals surface area contributed by atoms with E-state index in [1.807, 2.05) is 0 Å². The lowest BCUT2D eigenvalue weighted by Gasteiger charge is -2.49. The average Bonchev–Trinajstić information content (AvgIpc) is 1.95. The third-order valence-electron chi connectivity index (χ3n) is 3.87. The van der Waals surface area contributed by atoms with Crippen LogP contribution in [-0.4, -0.2) is 10.7 Å². The van der Waals surface area contributed by atoms with Gasteiger partial charge in [-0.2, -0.15) is 0 Å². The zero-order valence-electron chi connectivity index (χ0n) is 9.72. The maximum Gasteiger partial charge on any atom is 0.0723 e. The van der Waals surface area contributed by atoms with Gasteiger partial charge in [-0.1, -0.05) is 41.0 Å². The molecule has 1 rings (SSSR count). The number of hydrogen-bond donors (Lipinski definition) is 1. The first-order valence-corrected chi connectivity index (χ1v) is 5.50.